The summed E-state index contributed by atoms with van der Waals surface area (Å²) in [6, 6.07) is 17.0. The maximum Gasteiger partial charge on any atom is 0.306 e. The quantitative estimate of drug-likeness (QED) is 0.680. The minimum absolute atomic E-state index is 0.190. The van der Waals surface area contributed by atoms with Gasteiger partial charge in [-0.25, -0.2) is 0 Å². The molecular weight excluding hydrogens is 308 g/mol. The lowest BCUT2D eigenvalue weighted by atomic mass is 9.94. The Balaban J connectivity index is 0.000000299. The predicted octanol–water partition coefficient (Wildman–Crippen LogP) is 6.45. The molecule has 0 unspecified atom stereocenters. The molecule has 0 spiro atoms. The lowest BCUT2D eigenvalue weighted by Gasteiger charge is -2.10. The van der Waals surface area contributed by atoms with Gasteiger partial charge in [-0.05, 0) is 42.9 Å². The van der Waals surface area contributed by atoms with Crippen molar-refractivity contribution in [3.8, 4) is 11.1 Å². The lowest BCUT2D eigenvalue weighted by molar-refractivity contribution is -0.141. The third-order valence-corrected chi connectivity index (χ3v) is 3.97. The van der Waals surface area contributed by atoms with Gasteiger partial charge in [-0.3, -0.25) is 4.79 Å². The highest BCUT2D eigenvalue weighted by Gasteiger charge is 2.11. The fourth-order valence-electron chi connectivity index (χ4n) is 2.69. The number of aliphatic carboxylic acids is 1. The van der Waals surface area contributed by atoms with Crippen molar-refractivity contribution in [3.05, 3.63) is 66.2 Å². The van der Waals surface area contributed by atoms with Crippen LogP contribution in [0.2, 0.25) is 0 Å². The molecule has 0 saturated heterocycles. The molecule has 0 aromatic heterocycles. The first-order valence-electron chi connectivity index (χ1n) is 8.77. The Kier molecular flexibility index (Phi) is 8.13. The molecule has 2 heteroatoms. The molecule has 2 rings (SSSR count). The van der Waals surface area contributed by atoms with E-state index in [1.165, 1.54) is 22.3 Å². The predicted molar refractivity (Wildman–Crippen MR) is 108 cm³/mol. The summed E-state index contributed by atoms with van der Waals surface area (Å²) in [6.07, 6.45) is 0.773. The Hall–Kier alpha value is -2.35. The van der Waals surface area contributed by atoms with Crippen LogP contribution in [0.4, 0.5) is 0 Å². The van der Waals surface area contributed by atoms with E-state index in [0.29, 0.717) is 5.92 Å². The molecule has 134 valence electrons. The van der Waals surface area contributed by atoms with Crippen molar-refractivity contribution in [1.82, 2.24) is 0 Å². The molecule has 0 bridgehead atoms. The van der Waals surface area contributed by atoms with Crippen LogP contribution in [0.5, 0.6) is 0 Å². The fourth-order valence-corrected chi connectivity index (χ4v) is 2.69. The molecule has 2 aromatic rings. The zero-order valence-electron chi connectivity index (χ0n) is 16.0. The minimum atomic E-state index is -0.691. The summed E-state index contributed by atoms with van der Waals surface area (Å²) in [5.41, 5.74) is 6.15. The Morgan fingerprint density at radius 3 is 2.12 bits per heavy atom. The van der Waals surface area contributed by atoms with Gasteiger partial charge >= 0.3 is 5.97 Å². The SMILES string of the molecule is C=C(C)c1ccc(C)cc1-c1ccccc1.CC(C)C[C@H](C)C(=O)O. The summed E-state index contributed by atoms with van der Waals surface area (Å²) in [5, 5.41) is 8.43. The van der Waals surface area contributed by atoms with Gasteiger partial charge in [-0.15, -0.1) is 0 Å². The number of allylic oxidation sites excluding steroid dienone is 1. The number of benzene rings is 2. The number of hydrogen-bond donors (Lipinski definition) is 1. The minimum Gasteiger partial charge on any atom is -0.481 e. The first kappa shape index (κ1) is 20.7. The normalized spacial score (nSPS) is 11.4. The molecule has 0 saturated carbocycles. The second-order valence-electron chi connectivity index (χ2n) is 7.06. The molecule has 2 aromatic carbocycles. The molecule has 1 N–H and O–H groups in total. The van der Waals surface area contributed by atoms with Gasteiger partial charge in [0.05, 0.1) is 5.92 Å². The van der Waals surface area contributed by atoms with Crippen LogP contribution < -0.4 is 0 Å². The highest BCUT2D eigenvalue weighted by molar-refractivity contribution is 5.80. The van der Waals surface area contributed by atoms with E-state index in [0.717, 1.165) is 12.0 Å². The Labute approximate surface area is 152 Å². The number of carboxylic acid groups (broad SMARTS) is 1. The molecule has 25 heavy (non-hydrogen) atoms. The van der Waals surface area contributed by atoms with Crippen molar-refractivity contribution in [1.29, 1.82) is 0 Å². The second-order valence-corrected chi connectivity index (χ2v) is 7.06. The van der Waals surface area contributed by atoms with Crippen molar-refractivity contribution in [3.63, 3.8) is 0 Å². The number of rotatable bonds is 5. The average molecular weight is 338 g/mol. The first-order chi connectivity index (χ1) is 11.7. The summed E-state index contributed by atoms with van der Waals surface area (Å²) in [4.78, 5) is 10.2. The summed E-state index contributed by atoms with van der Waals surface area (Å²) in [5.74, 6) is -0.398. The molecule has 1 atom stereocenters. The van der Waals surface area contributed by atoms with Crippen LogP contribution in [0.1, 0.15) is 45.2 Å². The molecule has 0 fully saturated rings. The standard InChI is InChI=1S/C16H16.C7H14O2/c1-12(2)15-10-9-13(3)11-16(15)14-7-5-4-6-8-14;1-5(2)4-6(3)7(8)9/h4-11H,1H2,2-3H3;5-6H,4H2,1-3H3,(H,8,9)/t;6-/m.0/s1. The third kappa shape index (κ3) is 6.96. The Bertz CT molecular complexity index is 699. The van der Waals surface area contributed by atoms with Gasteiger partial charge in [0.15, 0.2) is 0 Å². The van der Waals surface area contributed by atoms with E-state index in [9.17, 15) is 4.79 Å². The smallest absolute Gasteiger partial charge is 0.306 e. The molecule has 0 radical (unpaired) electrons. The molecular formula is C23H30O2. The number of aryl methyl sites for hydroxylation is 1. The molecule has 0 aliphatic carbocycles. The van der Waals surface area contributed by atoms with E-state index in [1.54, 1.807) is 6.92 Å². The summed E-state index contributed by atoms with van der Waals surface area (Å²) >= 11 is 0. The highest BCUT2D eigenvalue weighted by atomic mass is 16.4. The molecule has 2 nitrogen and oxygen atoms in total. The first-order valence-corrected chi connectivity index (χ1v) is 8.77. The largest absolute Gasteiger partial charge is 0.481 e. The maximum atomic E-state index is 10.2. The van der Waals surface area contributed by atoms with Crippen LogP contribution in [0.25, 0.3) is 16.7 Å². The van der Waals surface area contributed by atoms with Crippen LogP contribution in [0.15, 0.2) is 55.1 Å². The topological polar surface area (TPSA) is 37.3 Å². The van der Waals surface area contributed by atoms with Crippen molar-refractivity contribution in [2.45, 2.75) is 41.0 Å². The zero-order chi connectivity index (χ0) is 19.0. The van der Waals surface area contributed by atoms with Crippen LogP contribution in [-0.2, 0) is 4.79 Å². The Morgan fingerprint density at radius 1 is 1.08 bits per heavy atom. The number of carboxylic acids is 1. The van der Waals surface area contributed by atoms with Crippen molar-refractivity contribution < 1.29 is 9.90 Å². The van der Waals surface area contributed by atoms with Crippen LogP contribution in [-0.4, -0.2) is 11.1 Å². The van der Waals surface area contributed by atoms with Crippen molar-refractivity contribution in [2.75, 3.05) is 0 Å². The van der Waals surface area contributed by atoms with Gasteiger partial charge in [0.25, 0.3) is 0 Å². The molecule has 0 aliphatic rings. The van der Waals surface area contributed by atoms with E-state index in [2.05, 4.69) is 62.9 Å². The van der Waals surface area contributed by atoms with E-state index in [1.807, 2.05) is 19.9 Å². The van der Waals surface area contributed by atoms with Crippen LogP contribution >= 0.6 is 0 Å². The van der Waals surface area contributed by atoms with E-state index in [4.69, 9.17) is 5.11 Å². The van der Waals surface area contributed by atoms with Gasteiger partial charge in [0, 0.05) is 0 Å². The Morgan fingerprint density at radius 2 is 1.68 bits per heavy atom. The van der Waals surface area contributed by atoms with Gasteiger partial charge in [0.2, 0.25) is 0 Å². The fraction of sp³-hybridized carbons (Fsp3) is 0.348. The summed E-state index contributed by atoms with van der Waals surface area (Å²) in [7, 11) is 0. The number of carbonyl (C=O) groups is 1. The van der Waals surface area contributed by atoms with E-state index in [-0.39, 0.29) is 5.92 Å². The number of hydrogen-bond acceptors (Lipinski definition) is 1. The van der Waals surface area contributed by atoms with Crippen LogP contribution in [0, 0.1) is 18.8 Å². The van der Waals surface area contributed by atoms with Crippen LogP contribution in [0.3, 0.4) is 0 Å². The zero-order valence-corrected chi connectivity index (χ0v) is 16.0. The summed E-state index contributed by atoms with van der Waals surface area (Å²) in [6.45, 7) is 14.0. The average Bonchev–Trinajstić information content (AvgIpc) is 2.55. The third-order valence-electron chi connectivity index (χ3n) is 3.97. The second kappa shape index (κ2) is 9.83. The lowest BCUT2D eigenvalue weighted by Crippen LogP contribution is -2.11. The molecule has 0 aliphatic heterocycles. The molecule has 0 heterocycles. The van der Waals surface area contributed by atoms with Gasteiger partial charge < -0.3 is 5.11 Å². The van der Waals surface area contributed by atoms with Gasteiger partial charge in [0.1, 0.15) is 0 Å². The van der Waals surface area contributed by atoms with Gasteiger partial charge in [-0.1, -0.05) is 87.0 Å². The van der Waals surface area contributed by atoms with E-state index >= 15 is 0 Å². The summed E-state index contributed by atoms with van der Waals surface area (Å²) < 4.78 is 0. The molecule has 0 amide bonds. The highest BCUT2D eigenvalue weighted by Crippen LogP contribution is 2.28. The maximum absolute atomic E-state index is 10.2. The monoisotopic (exact) mass is 338 g/mol. The van der Waals surface area contributed by atoms with Crippen molar-refractivity contribution >= 4 is 11.5 Å². The van der Waals surface area contributed by atoms with Crippen molar-refractivity contribution in [2.24, 2.45) is 11.8 Å². The van der Waals surface area contributed by atoms with E-state index < -0.39 is 5.97 Å². The van der Waals surface area contributed by atoms with Gasteiger partial charge in [-0.2, -0.15) is 0 Å².